The number of carbonyl (C=O) groups is 3. The molecular weight excluding hydrogens is 368 g/mol. The molecule has 3 amide bonds. The molecule has 0 spiro atoms. The highest BCUT2D eigenvalue weighted by atomic mass is 16.2. The van der Waals surface area contributed by atoms with Crippen molar-refractivity contribution in [2.24, 2.45) is 0 Å². The van der Waals surface area contributed by atoms with Crippen molar-refractivity contribution >= 4 is 29.1 Å². The number of nitrogens with one attached hydrogen (secondary N) is 3. The van der Waals surface area contributed by atoms with Crippen LogP contribution in [0, 0.1) is 6.92 Å². The van der Waals surface area contributed by atoms with Crippen molar-refractivity contribution in [1.29, 1.82) is 0 Å². The normalized spacial score (nSPS) is 10.2. The fourth-order valence-electron chi connectivity index (χ4n) is 2.67. The van der Waals surface area contributed by atoms with Gasteiger partial charge < -0.3 is 21.7 Å². The lowest BCUT2D eigenvalue weighted by Gasteiger charge is -2.08. The van der Waals surface area contributed by atoms with Gasteiger partial charge in [-0.15, -0.1) is 0 Å². The van der Waals surface area contributed by atoms with Gasteiger partial charge in [-0.25, -0.2) is 0 Å². The molecule has 0 bridgehead atoms. The SMILES string of the molecule is Cc1ccc(C(=O)NCC(=O)NCCCCCC(=O)Nc2ccccc2N)cc1. The van der Waals surface area contributed by atoms with E-state index in [-0.39, 0.29) is 24.3 Å². The third-order valence-electron chi connectivity index (χ3n) is 4.36. The van der Waals surface area contributed by atoms with E-state index in [1.165, 1.54) is 0 Å². The van der Waals surface area contributed by atoms with Gasteiger partial charge in [0.25, 0.3) is 5.91 Å². The monoisotopic (exact) mass is 396 g/mol. The van der Waals surface area contributed by atoms with Crippen LogP contribution in [-0.4, -0.2) is 30.8 Å². The zero-order chi connectivity index (χ0) is 21.1. The van der Waals surface area contributed by atoms with Gasteiger partial charge in [0.2, 0.25) is 11.8 Å². The number of para-hydroxylation sites is 2. The number of benzene rings is 2. The van der Waals surface area contributed by atoms with Crippen LogP contribution in [0.15, 0.2) is 48.5 Å². The first-order valence-electron chi connectivity index (χ1n) is 9.71. The second-order valence-corrected chi connectivity index (χ2v) is 6.84. The number of aryl methyl sites for hydroxylation is 1. The van der Waals surface area contributed by atoms with E-state index in [1.807, 2.05) is 31.2 Å². The summed E-state index contributed by atoms with van der Waals surface area (Å²) in [6.45, 7) is 2.39. The first-order valence-corrected chi connectivity index (χ1v) is 9.71. The molecule has 7 nitrogen and oxygen atoms in total. The van der Waals surface area contributed by atoms with Crippen molar-refractivity contribution in [1.82, 2.24) is 10.6 Å². The number of amides is 3. The summed E-state index contributed by atoms with van der Waals surface area (Å²) in [6.07, 6.45) is 2.69. The van der Waals surface area contributed by atoms with Crippen molar-refractivity contribution in [2.45, 2.75) is 32.6 Å². The summed E-state index contributed by atoms with van der Waals surface area (Å²) in [7, 11) is 0. The zero-order valence-electron chi connectivity index (χ0n) is 16.7. The smallest absolute Gasteiger partial charge is 0.251 e. The molecule has 0 fully saturated rings. The average Bonchev–Trinajstić information content (AvgIpc) is 2.71. The van der Waals surface area contributed by atoms with Gasteiger partial charge in [-0.3, -0.25) is 14.4 Å². The number of carbonyl (C=O) groups excluding carboxylic acids is 3. The molecule has 0 unspecified atom stereocenters. The van der Waals surface area contributed by atoms with Gasteiger partial charge in [0.05, 0.1) is 17.9 Å². The van der Waals surface area contributed by atoms with Crippen LogP contribution >= 0.6 is 0 Å². The fraction of sp³-hybridized carbons (Fsp3) is 0.318. The summed E-state index contributed by atoms with van der Waals surface area (Å²) in [5, 5.41) is 8.15. The fourth-order valence-corrected chi connectivity index (χ4v) is 2.67. The Morgan fingerprint density at radius 2 is 1.59 bits per heavy atom. The van der Waals surface area contributed by atoms with Crippen molar-refractivity contribution in [3.8, 4) is 0 Å². The maximum absolute atomic E-state index is 12.0. The van der Waals surface area contributed by atoms with Crippen LogP contribution in [0.5, 0.6) is 0 Å². The largest absolute Gasteiger partial charge is 0.397 e. The summed E-state index contributed by atoms with van der Waals surface area (Å²) in [4.78, 5) is 35.7. The van der Waals surface area contributed by atoms with Crippen LogP contribution in [0.1, 0.15) is 41.6 Å². The molecule has 0 heterocycles. The van der Waals surface area contributed by atoms with E-state index in [2.05, 4.69) is 16.0 Å². The Morgan fingerprint density at radius 1 is 0.862 bits per heavy atom. The topological polar surface area (TPSA) is 113 Å². The van der Waals surface area contributed by atoms with Gasteiger partial charge in [-0.05, 0) is 44.0 Å². The predicted octanol–water partition coefficient (Wildman–Crippen LogP) is 2.62. The Bertz CT molecular complexity index is 834. The van der Waals surface area contributed by atoms with Crippen molar-refractivity contribution in [3.63, 3.8) is 0 Å². The van der Waals surface area contributed by atoms with Gasteiger partial charge in [-0.1, -0.05) is 36.2 Å². The molecule has 2 aromatic rings. The van der Waals surface area contributed by atoms with E-state index in [9.17, 15) is 14.4 Å². The molecular formula is C22H28N4O3. The van der Waals surface area contributed by atoms with Gasteiger partial charge in [0.15, 0.2) is 0 Å². The molecule has 0 aliphatic rings. The minimum absolute atomic E-state index is 0.0619. The lowest BCUT2D eigenvalue weighted by Crippen LogP contribution is -2.37. The molecule has 0 saturated carbocycles. The molecule has 0 radical (unpaired) electrons. The third kappa shape index (κ3) is 8.04. The van der Waals surface area contributed by atoms with Crippen molar-refractivity contribution in [2.75, 3.05) is 24.1 Å². The first kappa shape index (κ1) is 21.9. The molecule has 5 N–H and O–H groups in total. The number of rotatable bonds is 10. The quantitative estimate of drug-likeness (QED) is 0.365. The van der Waals surface area contributed by atoms with Crippen molar-refractivity contribution in [3.05, 3.63) is 59.7 Å². The molecule has 2 aromatic carbocycles. The Morgan fingerprint density at radius 3 is 2.31 bits per heavy atom. The molecule has 7 heteroatoms. The zero-order valence-corrected chi connectivity index (χ0v) is 16.7. The Hall–Kier alpha value is -3.35. The standard InChI is InChI=1S/C22H28N4O3/c1-16-10-12-17(13-11-16)22(29)25-15-21(28)24-14-6-2-3-9-20(27)26-19-8-5-4-7-18(19)23/h4-5,7-8,10-13H,2-3,6,9,14-15,23H2,1H3,(H,24,28)(H,25,29)(H,26,27). The van der Waals surface area contributed by atoms with Crippen LogP contribution in [0.2, 0.25) is 0 Å². The summed E-state index contributed by atoms with van der Waals surface area (Å²) in [5.74, 6) is -0.585. The number of hydrogen-bond donors (Lipinski definition) is 4. The van der Waals surface area contributed by atoms with Gasteiger partial charge in [0.1, 0.15) is 0 Å². The second-order valence-electron chi connectivity index (χ2n) is 6.84. The number of nitrogen functional groups attached to an aromatic ring is 1. The van der Waals surface area contributed by atoms with E-state index in [4.69, 9.17) is 5.73 Å². The Kier molecular flexibility index (Phi) is 8.69. The van der Waals surface area contributed by atoms with Crippen molar-refractivity contribution < 1.29 is 14.4 Å². The van der Waals surface area contributed by atoms with E-state index >= 15 is 0 Å². The maximum Gasteiger partial charge on any atom is 0.251 e. The third-order valence-corrected chi connectivity index (χ3v) is 4.36. The molecule has 29 heavy (non-hydrogen) atoms. The van der Waals surface area contributed by atoms with E-state index in [1.54, 1.807) is 24.3 Å². The van der Waals surface area contributed by atoms with Crippen LogP contribution in [0.4, 0.5) is 11.4 Å². The molecule has 0 aromatic heterocycles. The summed E-state index contributed by atoms with van der Waals surface area (Å²) < 4.78 is 0. The summed E-state index contributed by atoms with van der Waals surface area (Å²) in [5.41, 5.74) is 8.55. The average molecular weight is 396 g/mol. The molecule has 0 atom stereocenters. The number of unbranched alkanes of at least 4 members (excludes halogenated alkanes) is 2. The highest BCUT2D eigenvalue weighted by Crippen LogP contribution is 2.17. The minimum atomic E-state index is -0.273. The first-order chi connectivity index (χ1) is 14.0. The van der Waals surface area contributed by atoms with Crippen LogP contribution < -0.4 is 21.7 Å². The Balaban J connectivity index is 1.53. The van der Waals surface area contributed by atoms with Crippen LogP contribution in [-0.2, 0) is 9.59 Å². The van der Waals surface area contributed by atoms with Gasteiger partial charge in [-0.2, -0.15) is 0 Å². The van der Waals surface area contributed by atoms with Crippen LogP contribution in [0.3, 0.4) is 0 Å². The van der Waals surface area contributed by atoms with Crippen LogP contribution in [0.25, 0.3) is 0 Å². The maximum atomic E-state index is 12.0. The molecule has 0 aliphatic heterocycles. The highest BCUT2D eigenvalue weighted by molar-refractivity contribution is 5.96. The molecule has 2 rings (SSSR count). The molecule has 0 aliphatic carbocycles. The molecule has 0 saturated heterocycles. The van der Waals surface area contributed by atoms with E-state index < -0.39 is 0 Å². The predicted molar refractivity (Wildman–Crippen MR) is 114 cm³/mol. The number of anilines is 2. The number of nitrogens with two attached hydrogens (primary N) is 1. The van der Waals surface area contributed by atoms with E-state index in [0.717, 1.165) is 24.8 Å². The highest BCUT2D eigenvalue weighted by Gasteiger charge is 2.08. The van der Waals surface area contributed by atoms with Gasteiger partial charge >= 0.3 is 0 Å². The number of hydrogen-bond acceptors (Lipinski definition) is 4. The van der Waals surface area contributed by atoms with Gasteiger partial charge in [0, 0.05) is 18.5 Å². The summed E-state index contributed by atoms with van der Waals surface area (Å²) in [6, 6.07) is 14.3. The lowest BCUT2D eigenvalue weighted by molar-refractivity contribution is -0.120. The summed E-state index contributed by atoms with van der Waals surface area (Å²) >= 11 is 0. The Labute approximate surface area is 171 Å². The second kappa shape index (κ2) is 11.5. The minimum Gasteiger partial charge on any atom is -0.397 e. The lowest BCUT2D eigenvalue weighted by atomic mass is 10.1. The van der Waals surface area contributed by atoms with E-state index in [0.29, 0.717) is 29.9 Å². The molecule has 154 valence electrons.